The molecule has 0 aliphatic carbocycles. The zero-order valence-corrected chi connectivity index (χ0v) is 14.8. The lowest BCUT2D eigenvalue weighted by molar-refractivity contribution is -0.122. The van der Waals surface area contributed by atoms with Crippen LogP contribution in [0.5, 0.6) is 17.2 Å². The maximum absolute atomic E-state index is 12.4. The lowest BCUT2D eigenvalue weighted by Crippen LogP contribution is -2.30. The Morgan fingerprint density at radius 2 is 1.71 bits per heavy atom. The molecule has 0 aromatic heterocycles. The lowest BCUT2D eigenvalue weighted by Gasteiger charge is -2.17. The van der Waals surface area contributed by atoms with Gasteiger partial charge in [-0.05, 0) is 31.5 Å². The maximum Gasteiger partial charge on any atom is 0.265 e. The van der Waals surface area contributed by atoms with Crippen LogP contribution in [0.2, 0.25) is 5.02 Å². The number of methoxy groups -OCH3 is 2. The van der Waals surface area contributed by atoms with E-state index in [1.54, 1.807) is 51.5 Å². The van der Waals surface area contributed by atoms with Crippen molar-refractivity contribution in [1.29, 1.82) is 0 Å². The summed E-state index contributed by atoms with van der Waals surface area (Å²) >= 11 is 6.09. The number of benzene rings is 2. The predicted octanol–water partition coefficient (Wildman–Crippen LogP) is 4.07. The average molecular weight is 350 g/mol. The van der Waals surface area contributed by atoms with Gasteiger partial charge in [0.15, 0.2) is 6.10 Å². The Balaban J connectivity index is 2.10. The minimum Gasteiger partial charge on any atom is -0.497 e. The van der Waals surface area contributed by atoms with E-state index in [0.29, 0.717) is 28.0 Å². The van der Waals surface area contributed by atoms with Gasteiger partial charge in [-0.2, -0.15) is 0 Å². The summed E-state index contributed by atoms with van der Waals surface area (Å²) in [5.41, 5.74) is 1.56. The molecule has 128 valence electrons. The van der Waals surface area contributed by atoms with Crippen molar-refractivity contribution in [1.82, 2.24) is 0 Å². The van der Waals surface area contributed by atoms with E-state index in [2.05, 4.69) is 5.32 Å². The Bertz CT molecular complexity index is 711. The molecule has 2 rings (SSSR count). The molecule has 0 aliphatic rings. The average Bonchev–Trinajstić information content (AvgIpc) is 2.57. The number of amides is 1. The molecular formula is C18H20ClNO4. The van der Waals surface area contributed by atoms with Gasteiger partial charge < -0.3 is 19.5 Å². The zero-order valence-electron chi connectivity index (χ0n) is 14.1. The van der Waals surface area contributed by atoms with Crippen LogP contribution in [0.4, 0.5) is 5.69 Å². The molecule has 0 radical (unpaired) electrons. The summed E-state index contributed by atoms with van der Waals surface area (Å²) in [5.74, 6) is 1.34. The van der Waals surface area contributed by atoms with Gasteiger partial charge in [0.25, 0.3) is 5.91 Å². The summed E-state index contributed by atoms with van der Waals surface area (Å²) in [6.45, 7) is 3.59. The molecule has 5 nitrogen and oxygen atoms in total. The first-order valence-corrected chi connectivity index (χ1v) is 7.77. The van der Waals surface area contributed by atoms with E-state index in [1.807, 2.05) is 13.0 Å². The summed E-state index contributed by atoms with van der Waals surface area (Å²) in [6.07, 6.45) is -0.721. The second-order valence-electron chi connectivity index (χ2n) is 5.28. The van der Waals surface area contributed by atoms with Crippen molar-refractivity contribution >= 4 is 23.2 Å². The fraction of sp³-hybridized carbons (Fsp3) is 0.278. The Kier molecular flexibility index (Phi) is 5.93. The number of rotatable bonds is 6. The molecule has 1 amide bonds. The molecule has 1 unspecified atom stereocenters. The first kappa shape index (κ1) is 17.9. The number of halogens is 1. The van der Waals surface area contributed by atoms with Crippen LogP contribution in [0.1, 0.15) is 12.5 Å². The number of hydrogen-bond donors (Lipinski definition) is 1. The molecule has 2 aromatic carbocycles. The van der Waals surface area contributed by atoms with Crippen LogP contribution in [0.15, 0.2) is 36.4 Å². The van der Waals surface area contributed by atoms with Crippen molar-refractivity contribution in [3.8, 4) is 17.2 Å². The number of nitrogens with one attached hydrogen (secondary N) is 1. The number of carbonyl (C=O) groups excluding carboxylic acids is 1. The SMILES string of the molecule is COc1cc(NC(=O)C(C)Oc2cc(C)ccc2Cl)cc(OC)c1. The number of anilines is 1. The lowest BCUT2D eigenvalue weighted by atomic mass is 10.2. The number of ether oxygens (including phenoxy) is 3. The van der Waals surface area contributed by atoms with Crippen LogP contribution in [-0.2, 0) is 4.79 Å². The van der Waals surface area contributed by atoms with Gasteiger partial charge in [0.2, 0.25) is 0 Å². The van der Waals surface area contributed by atoms with Crippen molar-refractivity contribution in [3.05, 3.63) is 47.0 Å². The molecule has 0 saturated carbocycles. The third-order valence-electron chi connectivity index (χ3n) is 3.38. The normalized spacial score (nSPS) is 11.5. The van der Waals surface area contributed by atoms with Gasteiger partial charge in [-0.15, -0.1) is 0 Å². The van der Waals surface area contributed by atoms with Crippen LogP contribution >= 0.6 is 11.6 Å². The van der Waals surface area contributed by atoms with Crippen molar-refractivity contribution in [2.75, 3.05) is 19.5 Å². The van der Waals surface area contributed by atoms with Gasteiger partial charge >= 0.3 is 0 Å². The largest absolute Gasteiger partial charge is 0.497 e. The summed E-state index contributed by atoms with van der Waals surface area (Å²) < 4.78 is 16.0. The highest BCUT2D eigenvalue weighted by Gasteiger charge is 2.17. The third kappa shape index (κ3) is 4.55. The second kappa shape index (κ2) is 7.93. The first-order valence-electron chi connectivity index (χ1n) is 7.39. The Morgan fingerprint density at radius 1 is 1.08 bits per heavy atom. The van der Waals surface area contributed by atoms with E-state index >= 15 is 0 Å². The molecule has 6 heteroatoms. The van der Waals surface area contributed by atoms with Gasteiger partial charge in [0.1, 0.15) is 17.2 Å². The predicted molar refractivity (Wildman–Crippen MR) is 94.5 cm³/mol. The van der Waals surface area contributed by atoms with E-state index in [1.165, 1.54) is 0 Å². The van der Waals surface area contributed by atoms with E-state index in [-0.39, 0.29) is 5.91 Å². The van der Waals surface area contributed by atoms with Crippen LogP contribution in [-0.4, -0.2) is 26.2 Å². The van der Waals surface area contributed by atoms with Crippen molar-refractivity contribution in [2.45, 2.75) is 20.0 Å². The molecule has 0 aliphatic heterocycles. The fourth-order valence-corrected chi connectivity index (χ4v) is 2.23. The topological polar surface area (TPSA) is 56.8 Å². The van der Waals surface area contributed by atoms with Gasteiger partial charge in [-0.25, -0.2) is 0 Å². The summed E-state index contributed by atoms with van der Waals surface area (Å²) in [7, 11) is 3.09. The monoisotopic (exact) mass is 349 g/mol. The highest BCUT2D eigenvalue weighted by Crippen LogP contribution is 2.28. The van der Waals surface area contributed by atoms with Crippen molar-refractivity contribution in [3.63, 3.8) is 0 Å². The highest BCUT2D eigenvalue weighted by atomic mass is 35.5. The summed E-state index contributed by atoms with van der Waals surface area (Å²) in [4.78, 5) is 12.4. The number of hydrogen-bond acceptors (Lipinski definition) is 4. The van der Waals surface area contributed by atoms with Crippen LogP contribution in [0.3, 0.4) is 0 Å². The molecule has 0 spiro atoms. The fourth-order valence-electron chi connectivity index (χ4n) is 2.07. The second-order valence-corrected chi connectivity index (χ2v) is 5.69. The van der Waals surface area contributed by atoms with Crippen LogP contribution < -0.4 is 19.5 Å². The molecule has 24 heavy (non-hydrogen) atoms. The van der Waals surface area contributed by atoms with Crippen LogP contribution in [0.25, 0.3) is 0 Å². The standard InChI is InChI=1S/C18H20ClNO4/c1-11-5-6-16(19)17(7-11)24-12(2)18(21)20-13-8-14(22-3)10-15(9-13)23-4/h5-10,12H,1-4H3,(H,20,21). The van der Waals surface area contributed by atoms with Gasteiger partial charge in [0.05, 0.1) is 19.2 Å². The minimum atomic E-state index is -0.721. The number of carbonyl (C=O) groups is 1. The van der Waals surface area contributed by atoms with Gasteiger partial charge in [0, 0.05) is 23.9 Å². The first-order chi connectivity index (χ1) is 11.4. The minimum absolute atomic E-state index is 0.303. The van der Waals surface area contributed by atoms with E-state index in [9.17, 15) is 4.79 Å². The van der Waals surface area contributed by atoms with Crippen molar-refractivity contribution < 1.29 is 19.0 Å². The van der Waals surface area contributed by atoms with E-state index < -0.39 is 6.10 Å². The van der Waals surface area contributed by atoms with Crippen LogP contribution in [0, 0.1) is 6.92 Å². The van der Waals surface area contributed by atoms with Crippen molar-refractivity contribution in [2.24, 2.45) is 0 Å². The molecule has 0 saturated heterocycles. The molecular weight excluding hydrogens is 330 g/mol. The zero-order chi connectivity index (χ0) is 17.7. The molecule has 1 N–H and O–H groups in total. The molecule has 2 aromatic rings. The Hall–Kier alpha value is -2.40. The maximum atomic E-state index is 12.4. The molecule has 1 atom stereocenters. The van der Waals surface area contributed by atoms with E-state index in [4.69, 9.17) is 25.8 Å². The number of aryl methyl sites for hydroxylation is 1. The molecule has 0 heterocycles. The third-order valence-corrected chi connectivity index (χ3v) is 3.69. The summed E-state index contributed by atoms with van der Waals surface area (Å²) in [6, 6.07) is 10.5. The van der Waals surface area contributed by atoms with Gasteiger partial charge in [-0.1, -0.05) is 17.7 Å². The summed E-state index contributed by atoms with van der Waals surface area (Å²) in [5, 5.41) is 3.24. The Morgan fingerprint density at radius 3 is 2.29 bits per heavy atom. The highest BCUT2D eigenvalue weighted by molar-refractivity contribution is 6.32. The quantitative estimate of drug-likeness (QED) is 0.854. The smallest absolute Gasteiger partial charge is 0.265 e. The molecule has 0 bridgehead atoms. The van der Waals surface area contributed by atoms with E-state index in [0.717, 1.165) is 5.56 Å². The Labute approximate surface area is 146 Å². The van der Waals surface area contributed by atoms with Gasteiger partial charge in [-0.3, -0.25) is 4.79 Å². The molecule has 0 fully saturated rings.